The number of hydrogen-bond donors (Lipinski definition) is 2. The molecule has 1 amide bonds. The number of nitrogens with one attached hydrogen (secondary N) is 1. The van der Waals surface area contributed by atoms with Gasteiger partial charge in [0, 0.05) is 17.2 Å². The van der Waals surface area contributed by atoms with E-state index in [1.165, 1.54) is 37.4 Å². The van der Waals surface area contributed by atoms with Gasteiger partial charge in [0.15, 0.2) is 5.69 Å². The monoisotopic (exact) mass is 331 g/mol. The third-order valence-corrected chi connectivity index (χ3v) is 3.23. The number of nitrogens with two attached hydrogens (primary N) is 1. The van der Waals surface area contributed by atoms with Crippen molar-refractivity contribution in [2.24, 2.45) is 0 Å². The van der Waals surface area contributed by atoms with Crippen molar-refractivity contribution in [3.05, 3.63) is 47.4 Å². The molecule has 0 aliphatic rings. The summed E-state index contributed by atoms with van der Waals surface area (Å²) < 4.78 is 18.8. The van der Waals surface area contributed by atoms with Gasteiger partial charge in [-0.25, -0.2) is 14.2 Å². The smallest absolute Gasteiger partial charge is 0.358 e. The van der Waals surface area contributed by atoms with E-state index < -0.39 is 11.8 Å². The first kappa shape index (κ1) is 17.4. The number of carbonyl (C=O) groups excluding carboxylic acids is 2. The van der Waals surface area contributed by atoms with Crippen LogP contribution in [0.15, 0.2) is 30.3 Å². The fourth-order valence-electron chi connectivity index (χ4n) is 2.09. The predicted molar refractivity (Wildman–Crippen MR) is 88.0 cm³/mol. The Hall–Kier alpha value is -2.96. The van der Waals surface area contributed by atoms with E-state index in [-0.39, 0.29) is 34.6 Å². The topological polar surface area (TPSA) is 94.3 Å². The maximum Gasteiger partial charge on any atom is 0.358 e. The molecule has 3 N–H and O–H groups in total. The molecule has 0 unspecified atom stereocenters. The number of aromatic nitrogens is 1. The Kier molecular flexibility index (Phi) is 5.13. The quantitative estimate of drug-likeness (QED) is 0.839. The summed E-state index contributed by atoms with van der Waals surface area (Å²) in [6, 6.07) is 6.81. The molecule has 24 heavy (non-hydrogen) atoms. The van der Waals surface area contributed by atoms with Crippen LogP contribution in [0.5, 0.6) is 0 Å². The number of halogens is 1. The molecular weight excluding hydrogens is 313 g/mol. The molecule has 0 radical (unpaired) electrons. The van der Waals surface area contributed by atoms with Gasteiger partial charge < -0.3 is 15.8 Å². The van der Waals surface area contributed by atoms with Crippen LogP contribution in [0.3, 0.4) is 0 Å². The third-order valence-electron chi connectivity index (χ3n) is 3.23. The van der Waals surface area contributed by atoms with E-state index in [0.29, 0.717) is 5.56 Å². The van der Waals surface area contributed by atoms with Crippen LogP contribution in [0.2, 0.25) is 0 Å². The number of rotatable bonds is 4. The van der Waals surface area contributed by atoms with Gasteiger partial charge in [-0.3, -0.25) is 4.79 Å². The van der Waals surface area contributed by atoms with Gasteiger partial charge in [-0.15, -0.1) is 0 Å². The highest BCUT2D eigenvalue weighted by molar-refractivity contribution is 5.96. The number of carbonyl (C=O) groups is 2. The van der Waals surface area contributed by atoms with Crippen LogP contribution < -0.4 is 11.1 Å². The number of pyridine rings is 1. The molecule has 2 aromatic rings. The van der Waals surface area contributed by atoms with Crippen molar-refractivity contribution < 1.29 is 18.7 Å². The molecule has 0 atom stereocenters. The van der Waals surface area contributed by atoms with Crippen molar-refractivity contribution in [2.45, 2.75) is 19.9 Å². The third kappa shape index (κ3) is 3.68. The molecule has 7 heteroatoms. The lowest BCUT2D eigenvalue weighted by atomic mass is 10.1. The molecule has 6 nitrogen and oxygen atoms in total. The normalized spacial score (nSPS) is 10.5. The van der Waals surface area contributed by atoms with Crippen molar-refractivity contribution in [3.63, 3.8) is 0 Å². The van der Waals surface area contributed by atoms with Crippen LogP contribution in [0.1, 0.15) is 34.7 Å². The summed E-state index contributed by atoms with van der Waals surface area (Å²) in [4.78, 5) is 27.8. The molecule has 0 aliphatic heterocycles. The Labute approximate surface area is 138 Å². The lowest BCUT2D eigenvalue weighted by Crippen LogP contribution is -2.30. The van der Waals surface area contributed by atoms with Gasteiger partial charge in [0.2, 0.25) is 0 Å². The number of amides is 1. The second-order valence-electron chi connectivity index (χ2n) is 5.45. The van der Waals surface area contributed by atoms with E-state index >= 15 is 0 Å². The van der Waals surface area contributed by atoms with Crippen molar-refractivity contribution >= 4 is 17.6 Å². The Morgan fingerprint density at radius 1 is 1.25 bits per heavy atom. The summed E-state index contributed by atoms with van der Waals surface area (Å²) in [5.74, 6) is -1.61. The van der Waals surface area contributed by atoms with Gasteiger partial charge in [-0.05, 0) is 44.2 Å². The second-order valence-corrected chi connectivity index (χ2v) is 5.45. The molecule has 2 rings (SSSR count). The predicted octanol–water partition coefficient (Wildman–Crippen LogP) is 2.39. The van der Waals surface area contributed by atoms with Crippen molar-refractivity contribution in [3.8, 4) is 11.3 Å². The zero-order chi connectivity index (χ0) is 17.9. The standard InChI is InChI=1S/C17H18FN3O3/c1-9(2)20-16(22)10-4-5-12(18)11(8-10)14-7-6-13(19)15(21-14)17(23)24-3/h4-9H,19H2,1-3H3,(H,20,22). The summed E-state index contributed by atoms with van der Waals surface area (Å²) >= 11 is 0. The van der Waals surface area contributed by atoms with Crippen LogP contribution in [0.4, 0.5) is 10.1 Å². The zero-order valence-corrected chi connectivity index (χ0v) is 13.6. The number of esters is 1. The van der Waals surface area contributed by atoms with Crippen molar-refractivity contribution in [1.29, 1.82) is 0 Å². The number of methoxy groups -OCH3 is 1. The van der Waals surface area contributed by atoms with Crippen LogP contribution in [-0.2, 0) is 4.74 Å². The largest absolute Gasteiger partial charge is 0.464 e. The molecule has 1 aromatic heterocycles. The van der Waals surface area contributed by atoms with Crippen LogP contribution in [0.25, 0.3) is 11.3 Å². The van der Waals surface area contributed by atoms with E-state index in [2.05, 4.69) is 15.0 Å². The average molecular weight is 331 g/mol. The van der Waals surface area contributed by atoms with Gasteiger partial charge >= 0.3 is 5.97 Å². The van der Waals surface area contributed by atoms with E-state index in [4.69, 9.17) is 5.73 Å². The Balaban J connectivity index is 2.49. The SMILES string of the molecule is COC(=O)c1nc(-c2cc(C(=O)NC(C)C)ccc2F)ccc1N. The van der Waals surface area contributed by atoms with Gasteiger partial charge in [0.25, 0.3) is 5.91 Å². The minimum absolute atomic E-state index is 0.0495. The molecule has 0 spiro atoms. The van der Waals surface area contributed by atoms with E-state index in [1.54, 1.807) is 0 Å². The van der Waals surface area contributed by atoms with Crippen molar-refractivity contribution in [2.75, 3.05) is 12.8 Å². The first-order chi connectivity index (χ1) is 11.3. The Bertz CT molecular complexity index is 791. The number of benzene rings is 1. The van der Waals surface area contributed by atoms with E-state index in [9.17, 15) is 14.0 Å². The molecule has 1 aromatic carbocycles. The lowest BCUT2D eigenvalue weighted by Gasteiger charge is -2.11. The molecule has 126 valence electrons. The Morgan fingerprint density at radius 3 is 2.58 bits per heavy atom. The van der Waals surface area contributed by atoms with Gasteiger partial charge in [0.05, 0.1) is 18.5 Å². The molecular formula is C17H18FN3O3. The summed E-state index contributed by atoms with van der Waals surface area (Å²) in [6.07, 6.45) is 0. The van der Waals surface area contributed by atoms with Crippen molar-refractivity contribution in [1.82, 2.24) is 10.3 Å². The fraction of sp³-hybridized carbons (Fsp3) is 0.235. The molecule has 1 heterocycles. The minimum atomic E-state index is -0.719. The highest BCUT2D eigenvalue weighted by Crippen LogP contribution is 2.25. The van der Waals surface area contributed by atoms with Crippen LogP contribution in [-0.4, -0.2) is 30.0 Å². The zero-order valence-electron chi connectivity index (χ0n) is 13.6. The summed E-state index contributed by atoms with van der Waals surface area (Å²) in [5.41, 5.74) is 6.28. The molecule has 0 aliphatic carbocycles. The van der Waals surface area contributed by atoms with Gasteiger partial charge in [-0.1, -0.05) is 0 Å². The summed E-state index contributed by atoms with van der Waals surface area (Å²) in [5, 5.41) is 2.73. The summed E-state index contributed by atoms with van der Waals surface area (Å²) in [7, 11) is 1.20. The Morgan fingerprint density at radius 2 is 1.96 bits per heavy atom. The van der Waals surface area contributed by atoms with Gasteiger partial charge in [0.1, 0.15) is 5.82 Å². The first-order valence-electron chi connectivity index (χ1n) is 7.29. The minimum Gasteiger partial charge on any atom is -0.464 e. The molecule has 0 saturated carbocycles. The van der Waals surface area contributed by atoms with Gasteiger partial charge in [-0.2, -0.15) is 0 Å². The molecule has 0 bridgehead atoms. The highest BCUT2D eigenvalue weighted by Gasteiger charge is 2.17. The first-order valence-corrected chi connectivity index (χ1v) is 7.29. The van der Waals surface area contributed by atoms with Crippen LogP contribution in [0, 0.1) is 5.82 Å². The average Bonchev–Trinajstić information content (AvgIpc) is 2.54. The van der Waals surface area contributed by atoms with Crippen LogP contribution >= 0.6 is 0 Å². The maximum atomic E-state index is 14.2. The number of hydrogen-bond acceptors (Lipinski definition) is 5. The number of ether oxygens (including phenoxy) is 1. The molecule has 0 fully saturated rings. The molecule has 0 saturated heterocycles. The number of nitrogen functional groups attached to an aromatic ring is 1. The maximum absolute atomic E-state index is 14.2. The summed E-state index contributed by atoms with van der Waals surface area (Å²) in [6.45, 7) is 3.65. The lowest BCUT2D eigenvalue weighted by molar-refractivity contribution is 0.0595. The second kappa shape index (κ2) is 7.08. The number of anilines is 1. The highest BCUT2D eigenvalue weighted by atomic mass is 19.1. The van der Waals surface area contributed by atoms with E-state index in [1.807, 2.05) is 13.8 Å². The number of nitrogens with zero attached hydrogens (tertiary/aromatic N) is 1. The fourth-order valence-corrected chi connectivity index (χ4v) is 2.09. The van der Waals surface area contributed by atoms with E-state index in [0.717, 1.165) is 0 Å².